The molecule has 2 aromatic rings. The SMILES string of the molecule is CN(Cc1cc(Cl)cc(Cl)c1)C(=O)C1(n2cccn2)CCNCC1. The summed E-state index contributed by atoms with van der Waals surface area (Å²) < 4.78 is 1.80. The molecule has 24 heavy (non-hydrogen) atoms. The van der Waals surface area contributed by atoms with Gasteiger partial charge in [0.1, 0.15) is 5.54 Å². The molecular formula is C17H20Cl2N4O. The molecule has 0 radical (unpaired) electrons. The molecule has 1 amide bonds. The second kappa shape index (κ2) is 7.13. The van der Waals surface area contributed by atoms with Gasteiger partial charge in [0.15, 0.2) is 0 Å². The third-order valence-electron chi connectivity index (χ3n) is 4.46. The maximum atomic E-state index is 13.3. The van der Waals surface area contributed by atoms with Gasteiger partial charge in [0.05, 0.1) is 0 Å². The van der Waals surface area contributed by atoms with Crippen molar-refractivity contribution in [1.29, 1.82) is 0 Å². The molecule has 1 saturated heterocycles. The van der Waals surface area contributed by atoms with Crippen molar-refractivity contribution in [3.63, 3.8) is 0 Å². The molecular weight excluding hydrogens is 347 g/mol. The van der Waals surface area contributed by atoms with Gasteiger partial charge in [-0.05, 0) is 55.8 Å². The number of hydrogen-bond donors (Lipinski definition) is 1. The second-order valence-corrected chi connectivity index (χ2v) is 7.04. The van der Waals surface area contributed by atoms with Crippen molar-refractivity contribution in [3.8, 4) is 0 Å². The number of nitrogens with zero attached hydrogens (tertiary/aromatic N) is 3. The van der Waals surface area contributed by atoms with Crippen molar-refractivity contribution in [2.24, 2.45) is 0 Å². The number of nitrogens with one attached hydrogen (secondary N) is 1. The highest BCUT2D eigenvalue weighted by Gasteiger charge is 2.43. The van der Waals surface area contributed by atoms with Crippen molar-refractivity contribution in [2.75, 3.05) is 20.1 Å². The van der Waals surface area contributed by atoms with Crippen LogP contribution in [0.3, 0.4) is 0 Å². The summed E-state index contributed by atoms with van der Waals surface area (Å²) in [6, 6.07) is 7.21. The van der Waals surface area contributed by atoms with Crippen LogP contribution in [0.15, 0.2) is 36.7 Å². The Hall–Kier alpha value is -1.56. The fraction of sp³-hybridized carbons (Fsp3) is 0.412. The first-order valence-corrected chi connectivity index (χ1v) is 8.68. The van der Waals surface area contributed by atoms with Crippen LogP contribution in [0.1, 0.15) is 18.4 Å². The fourth-order valence-corrected chi connectivity index (χ4v) is 3.88. The lowest BCUT2D eigenvalue weighted by Crippen LogP contribution is -2.54. The molecule has 1 aliphatic heterocycles. The van der Waals surface area contributed by atoms with Crippen LogP contribution in [0.5, 0.6) is 0 Å². The molecule has 1 N–H and O–H groups in total. The Morgan fingerprint density at radius 2 is 1.96 bits per heavy atom. The Kier molecular flexibility index (Phi) is 5.13. The highest BCUT2D eigenvalue weighted by molar-refractivity contribution is 6.34. The minimum atomic E-state index is -0.633. The Bertz CT molecular complexity index is 691. The lowest BCUT2D eigenvalue weighted by Gasteiger charge is -2.39. The predicted octanol–water partition coefficient (Wildman–Crippen LogP) is 2.93. The molecule has 5 nitrogen and oxygen atoms in total. The first-order chi connectivity index (χ1) is 11.5. The number of benzene rings is 1. The summed E-state index contributed by atoms with van der Waals surface area (Å²) >= 11 is 12.1. The van der Waals surface area contributed by atoms with E-state index >= 15 is 0 Å². The van der Waals surface area contributed by atoms with E-state index in [1.54, 1.807) is 21.8 Å². The van der Waals surface area contributed by atoms with Crippen LogP contribution in [0.2, 0.25) is 10.0 Å². The van der Waals surface area contributed by atoms with Crippen LogP contribution < -0.4 is 5.32 Å². The van der Waals surface area contributed by atoms with E-state index in [2.05, 4.69) is 10.4 Å². The zero-order valence-electron chi connectivity index (χ0n) is 13.5. The summed E-state index contributed by atoms with van der Waals surface area (Å²) in [5, 5.41) is 8.81. The Labute approximate surface area is 151 Å². The second-order valence-electron chi connectivity index (χ2n) is 6.17. The Balaban J connectivity index is 1.84. The predicted molar refractivity (Wildman–Crippen MR) is 95.2 cm³/mol. The summed E-state index contributed by atoms with van der Waals surface area (Å²) in [7, 11) is 1.81. The number of amides is 1. The highest BCUT2D eigenvalue weighted by atomic mass is 35.5. The van der Waals surface area contributed by atoms with E-state index in [4.69, 9.17) is 23.2 Å². The van der Waals surface area contributed by atoms with Gasteiger partial charge in [-0.15, -0.1) is 0 Å². The van der Waals surface area contributed by atoms with Crippen LogP contribution in [-0.4, -0.2) is 40.7 Å². The number of likely N-dealkylation sites (N-methyl/N-ethyl adjacent to an activating group) is 1. The molecule has 1 aromatic heterocycles. The average Bonchev–Trinajstić information content (AvgIpc) is 3.08. The number of piperidine rings is 1. The smallest absolute Gasteiger partial charge is 0.250 e. The van der Waals surface area contributed by atoms with Gasteiger partial charge in [0.2, 0.25) is 0 Å². The quantitative estimate of drug-likeness (QED) is 0.904. The van der Waals surface area contributed by atoms with Crippen molar-refractivity contribution < 1.29 is 4.79 Å². The molecule has 0 bridgehead atoms. The van der Waals surface area contributed by atoms with Gasteiger partial charge in [0.25, 0.3) is 5.91 Å². The molecule has 0 aliphatic carbocycles. The van der Waals surface area contributed by atoms with Crippen molar-refractivity contribution >= 4 is 29.1 Å². The molecule has 0 saturated carbocycles. The number of rotatable bonds is 4. The first kappa shape index (κ1) is 17.3. The molecule has 128 valence electrons. The number of halogens is 2. The van der Waals surface area contributed by atoms with E-state index in [1.165, 1.54) is 0 Å². The van der Waals surface area contributed by atoms with Crippen molar-refractivity contribution in [3.05, 3.63) is 52.3 Å². The van der Waals surface area contributed by atoms with Gasteiger partial charge in [-0.3, -0.25) is 9.48 Å². The largest absolute Gasteiger partial charge is 0.339 e. The summed E-state index contributed by atoms with van der Waals surface area (Å²) in [5.74, 6) is 0.0591. The summed E-state index contributed by atoms with van der Waals surface area (Å²) in [6.07, 6.45) is 5.02. The molecule has 1 aliphatic rings. The van der Waals surface area contributed by atoms with E-state index in [0.717, 1.165) is 18.7 Å². The maximum Gasteiger partial charge on any atom is 0.250 e. The highest BCUT2D eigenvalue weighted by Crippen LogP contribution is 2.30. The molecule has 3 rings (SSSR count). The minimum absolute atomic E-state index is 0.0591. The van der Waals surface area contributed by atoms with Crippen LogP contribution >= 0.6 is 23.2 Å². The van der Waals surface area contributed by atoms with Crippen molar-refractivity contribution in [1.82, 2.24) is 20.0 Å². The Morgan fingerprint density at radius 1 is 1.29 bits per heavy atom. The van der Waals surface area contributed by atoms with Crippen molar-refractivity contribution in [2.45, 2.75) is 24.9 Å². The first-order valence-electron chi connectivity index (χ1n) is 7.93. The molecule has 1 aromatic carbocycles. The summed E-state index contributed by atoms with van der Waals surface area (Å²) in [6.45, 7) is 2.04. The third kappa shape index (κ3) is 3.43. The van der Waals surface area contributed by atoms with Gasteiger partial charge in [-0.25, -0.2) is 0 Å². The zero-order chi connectivity index (χ0) is 17.2. The summed E-state index contributed by atoms with van der Waals surface area (Å²) in [4.78, 5) is 15.0. The van der Waals surface area contributed by atoms with Gasteiger partial charge >= 0.3 is 0 Å². The van der Waals surface area contributed by atoms with Crippen LogP contribution in [0, 0.1) is 0 Å². The number of hydrogen-bond acceptors (Lipinski definition) is 3. The molecule has 1 fully saturated rings. The standard InChI is InChI=1S/C17H20Cl2N4O/c1-22(12-13-9-14(18)11-15(19)10-13)16(24)17(3-6-20-7-4-17)23-8-2-5-21-23/h2,5,8-11,20H,3-4,6-7,12H2,1H3. The van der Waals surface area contributed by atoms with Crippen LogP contribution in [0.4, 0.5) is 0 Å². The number of carbonyl (C=O) groups excluding carboxylic acids is 1. The van der Waals surface area contributed by atoms with Crippen LogP contribution in [-0.2, 0) is 16.9 Å². The van der Waals surface area contributed by atoms with E-state index < -0.39 is 5.54 Å². The molecule has 2 heterocycles. The van der Waals surface area contributed by atoms with Gasteiger partial charge in [-0.2, -0.15) is 5.10 Å². The zero-order valence-corrected chi connectivity index (χ0v) is 15.0. The maximum absolute atomic E-state index is 13.3. The average molecular weight is 367 g/mol. The van der Waals surface area contributed by atoms with E-state index in [9.17, 15) is 4.79 Å². The number of carbonyl (C=O) groups is 1. The lowest BCUT2D eigenvalue weighted by molar-refractivity contribution is -0.142. The molecule has 0 spiro atoms. The normalized spacial score (nSPS) is 16.8. The minimum Gasteiger partial charge on any atom is -0.339 e. The van der Waals surface area contributed by atoms with E-state index in [-0.39, 0.29) is 5.91 Å². The lowest BCUT2D eigenvalue weighted by atomic mass is 9.86. The van der Waals surface area contributed by atoms with E-state index in [1.807, 2.05) is 31.4 Å². The topological polar surface area (TPSA) is 50.2 Å². The molecule has 7 heteroatoms. The van der Waals surface area contributed by atoms with E-state index in [0.29, 0.717) is 29.4 Å². The van der Waals surface area contributed by atoms with Gasteiger partial charge < -0.3 is 10.2 Å². The van der Waals surface area contributed by atoms with Gasteiger partial charge in [-0.1, -0.05) is 23.2 Å². The molecule has 0 atom stereocenters. The number of aromatic nitrogens is 2. The molecule has 0 unspecified atom stereocenters. The summed E-state index contributed by atoms with van der Waals surface area (Å²) in [5.41, 5.74) is 0.277. The monoisotopic (exact) mass is 366 g/mol. The third-order valence-corrected chi connectivity index (χ3v) is 4.90. The van der Waals surface area contributed by atoms with Gasteiger partial charge in [0, 0.05) is 36.0 Å². The van der Waals surface area contributed by atoms with Crippen LogP contribution in [0.25, 0.3) is 0 Å². The Morgan fingerprint density at radius 3 is 2.54 bits per heavy atom. The fourth-order valence-electron chi connectivity index (χ4n) is 3.31.